The van der Waals surface area contributed by atoms with Crippen molar-refractivity contribution in [1.82, 2.24) is 4.90 Å². The van der Waals surface area contributed by atoms with Gasteiger partial charge in [-0.3, -0.25) is 4.79 Å². The van der Waals surface area contributed by atoms with Gasteiger partial charge >= 0.3 is 0 Å². The molecule has 2 nitrogen and oxygen atoms in total. The van der Waals surface area contributed by atoms with Gasteiger partial charge in [-0.05, 0) is 54.9 Å². The Morgan fingerprint density at radius 2 is 2.12 bits per heavy atom. The van der Waals surface area contributed by atoms with E-state index in [-0.39, 0.29) is 5.91 Å². The average molecular weight is 227 g/mol. The van der Waals surface area contributed by atoms with Gasteiger partial charge in [0.25, 0.3) is 0 Å². The molecule has 4 rings (SSSR count). The van der Waals surface area contributed by atoms with Gasteiger partial charge in [-0.1, -0.05) is 12.2 Å². The van der Waals surface area contributed by atoms with Crippen molar-refractivity contribution in [1.29, 1.82) is 0 Å². The fraction of sp³-hybridized carbons (Fsp3) is 0.533. The molecule has 2 heteroatoms. The lowest BCUT2D eigenvalue weighted by Gasteiger charge is -2.45. The highest BCUT2D eigenvalue weighted by molar-refractivity contribution is 5.89. The van der Waals surface area contributed by atoms with Crippen molar-refractivity contribution in [3.63, 3.8) is 0 Å². The summed E-state index contributed by atoms with van der Waals surface area (Å²) in [5.41, 5.74) is 4.79. The first kappa shape index (κ1) is 9.69. The van der Waals surface area contributed by atoms with Crippen molar-refractivity contribution in [2.24, 2.45) is 5.92 Å². The summed E-state index contributed by atoms with van der Waals surface area (Å²) in [5, 5.41) is 0. The van der Waals surface area contributed by atoms with Crippen LogP contribution < -0.4 is 0 Å². The van der Waals surface area contributed by atoms with Crippen LogP contribution in [0, 0.1) is 5.92 Å². The van der Waals surface area contributed by atoms with Crippen LogP contribution in [-0.4, -0.2) is 23.4 Å². The topological polar surface area (TPSA) is 20.3 Å². The fourth-order valence-electron chi connectivity index (χ4n) is 4.02. The third-order valence-corrected chi connectivity index (χ3v) is 4.69. The van der Waals surface area contributed by atoms with E-state index in [4.69, 9.17) is 0 Å². The molecule has 2 heterocycles. The molecule has 1 saturated carbocycles. The fourth-order valence-corrected chi connectivity index (χ4v) is 4.02. The van der Waals surface area contributed by atoms with Crippen molar-refractivity contribution in [2.75, 3.05) is 6.54 Å². The molecule has 2 atom stereocenters. The first-order chi connectivity index (χ1) is 8.34. The van der Waals surface area contributed by atoms with Crippen LogP contribution in [0.25, 0.3) is 0 Å². The second-order valence-corrected chi connectivity index (χ2v) is 5.57. The van der Waals surface area contributed by atoms with E-state index in [2.05, 4.69) is 17.1 Å². The zero-order chi connectivity index (χ0) is 11.4. The Bertz CT molecular complexity index is 483. The van der Waals surface area contributed by atoms with Gasteiger partial charge in [-0.15, -0.1) is 0 Å². The monoisotopic (exact) mass is 227 g/mol. The maximum Gasteiger partial charge on any atom is 0.246 e. The summed E-state index contributed by atoms with van der Waals surface area (Å²) in [4.78, 5) is 14.0. The first-order valence-electron chi connectivity index (χ1n) is 6.76. The average Bonchev–Trinajstić information content (AvgIpc) is 2.82. The number of hydrogen-bond donors (Lipinski definition) is 0. The molecule has 1 saturated heterocycles. The quantitative estimate of drug-likeness (QED) is 0.623. The Kier molecular flexibility index (Phi) is 1.91. The maximum atomic E-state index is 11.9. The van der Waals surface area contributed by atoms with E-state index in [1.165, 1.54) is 25.7 Å². The number of carbonyl (C=O) groups is 1. The molecule has 0 bridgehead atoms. The van der Waals surface area contributed by atoms with Crippen LogP contribution in [0.5, 0.6) is 0 Å². The molecule has 2 aliphatic heterocycles. The molecule has 2 aliphatic carbocycles. The molecule has 0 aromatic carbocycles. The van der Waals surface area contributed by atoms with Gasteiger partial charge in [-0.2, -0.15) is 0 Å². The maximum absolute atomic E-state index is 11.9. The van der Waals surface area contributed by atoms with Gasteiger partial charge in [0, 0.05) is 12.5 Å². The molecule has 4 aliphatic rings. The third-order valence-electron chi connectivity index (χ3n) is 4.69. The molecule has 17 heavy (non-hydrogen) atoms. The van der Waals surface area contributed by atoms with Gasteiger partial charge in [-0.25, -0.2) is 0 Å². The number of fused-ring (bicyclic) bond motifs is 1. The number of amides is 1. The number of nitrogens with zero attached hydrogens (tertiary/aromatic N) is 1. The van der Waals surface area contributed by atoms with E-state index in [1.54, 1.807) is 22.8 Å². The van der Waals surface area contributed by atoms with Crippen LogP contribution in [-0.2, 0) is 4.79 Å². The van der Waals surface area contributed by atoms with Crippen LogP contribution in [0.2, 0.25) is 0 Å². The van der Waals surface area contributed by atoms with Crippen LogP contribution in [0.3, 0.4) is 0 Å². The van der Waals surface area contributed by atoms with E-state index in [9.17, 15) is 4.79 Å². The second kappa shape index (κ2) is 3.34. The molecule has 2 fully saturated rings. The lowest BCUT2D eigenvalue weighted by Crippen LogP contribution is -2.51. The molecule has 0 spiro atoms. The Labute approximate surface area is 102 Å². The van der Waals surface area contributed by atoms with E-state index < -0.39 is 0 Å². The summed E-state index contributed by atoms with van der Waals surface area (Å²) in [7, 11) is 0. The molecule has 0 radical (unpaired) electrons. The van der Waals surface area contributed by atoms with E-state index in [0.717, 1.165) is 13.0 Å². The van der Waals surface area contributed by atoms with E-state index in [0.29, 0.717) is 12.0 Å². The summed E-state index contributed by atoms with van der Waals surface area (Å²) < 4.78 is 0. The largest absolute Gasteiger partial charge is 0.332 e. The Morgan fingerprint density at radius 3 is 3.06 bits per heavy atom. The summed E-state index contributed by atoms with van der Waals surface area (Å²) in [6.07, 6.45) is 12.5. The Hall–Kier alpha value is -1.31. The molecule has 0 unspecified atom stereocenters. The second-order valence-electron chi connectivity index (χ2n) is 5.57. The van der Waals surface area contributed by atoms with Crippen molar-refractivity contribution in [3.05, 3.63) is 34.9 Å². The van der Waals surface area contributed by atoms with Crippen LogP contribution in [0.15, 0.2) is 34.9 Å². The van der Waals surface area contributed by atoms with Crippen LogP contribution >= 0.6 is 0 Å². The molecule has 0 aromatic heterocycles. The number of allylic oxidation sites excluding steroid dienone is 2. The van der Waals surface area contributed by atoms with Gasteiger partial charge in [0.15, 0.2) is 0 Å². The lowest BCUT2D eigenvalue weighted by atomic mass is 9.75. The number of piperidine rings is 1. The van der Waals surface area contributed by atoms with Crippen LogP contribution in [0.1, 0.15) is 32.1 Å². The summed E-state index contributed by atoms with van der Waals surface area (Å²) in [6, 6.07) is 0.373. The zero-order valence-corrected chi connectivity index (χ0v) is 9.98. The Morgan fingerprint density at radius 1 is 1.18 bits per heavy atom. The zero-order valence-electron chi connectivity index (χ0n) is 9.98. The molecule has 88 valence electrons. The number of rotatable bonds is 0. The standard InChI is InChI=1S/C15H17NO/c17-14-7-6-11-9-10-3-1-4-12(10)13-5-2-8-16(14)15(11)13/h6-7,9,11,15H,1-5,8H2/t11-,15-/m0/s1. The minimum Gasteiger partial charge on any atom is -0.332 e. The molecule has 0 N–H and O–H groups in total. The SMILES string of the molecule is O=C1C=C[C@H]2C=C3CCCC3=C3CCCN1[C@H]32. The third kappa shape index (κ3) is 1.24. The van der Waals surface area contributed by atoms with Crippen molar-refractivity contribution < 1.29 is 4.79 Å². The highest BCUT2D eigenvalue weighted by atomic mass is 16.2. The first-order valence-corrected chi connectivity index (χ1v) is 6.76. The molecule has 0 aromatic rings. The van der Waals surface area contributed by atoms with Crippen molar-refractivity contribution in [2.45, 2.75) is 38.1 Å². The summed E-state index contributed by atoms with van der Waals surface area (Å²) in [6.45, 7) is 0.949. The highest BCUT2D eigenvalue weighted by Gasteiger charge is 2.41. The predicted molar refractivity (Wildman–Crippen MR) is 66.3 cm³/mol. The van der Waals surface area contributed by atoms with Gasteiger partial charge in [0.1, 0.15) is 0 Å². The van der Waals surface area contributed by atoms with E-state index in [1.807, 2.05) is 0 Å². The summed E-state index contributed by atoms with van der Waals surface area (Å²) in [5.74, 6) is 0.679. The van der Waals surface area contributed by atoms with Crippen molar-refractivity contribution >= 4 is 5.91 Å². The van der Waals surface area contributed by atoms with E-state index >= 15 is 0 Å². The number of carbonyl (C=O) groups excluding carboxylic acids is 1. The minimum absolute atomic E-state index is 0.221. The lowest BCUT2D eigenvalue weighted by molar-refractivity contribution is -0.129. The van der Waals surface area contributed by atoms with Gasteiger partial charge < -0.3 is 4.90 Å². The molecular formula is C15H17NO. The normalized spacial score (nSPS) is 34.7. The predicted octanol–water partition coefficient (Wildman–Crippen LogP) is 2.58. The highest BCUT2D eigenvalue weighted by Crippen LogP contribution is 2.45. The smallest absolute Gasteiger partial charge is 0.246 e. The summed E-state index contributed by atoms with van der Waals surface area (Å²) >= 11 is 0. The van der Waals surface area contributed by atoms with Crippen molar-refractivity contribution in [3.8, 4) is 0 Å². The number of hydrogen-bond acceptors (Lipinski definition) is 1. The van der Waals surface area contributed by atoms with Gasteiger partial charge in [0.2, 0.25) is 5.91 Å². The Balaban J connectivity index is 1.88. The molecular weight excluding hydrogens is 210 g/mol. The molecule has 1 amide bonds. The van der Waals surface area contributed by atoms with Gasteiger partial charge in [0.05, 0.1) is 6.04 Å². The minimum atomic E-state index is 0.221. The van der Waals surface area contributed by atoms with Crippen LogP contribution in [0.4, 0.5) is 0 Å².